The minimum Gasteiger partial charge on any atom is -0.379 e. The molecule has 1 aromatic carbocycles. The van der Waals surface area contributed by atoms with Crippen LogP contribution in [0.15, 0.2) is 18.2 Å². The lowest BCUT2D eigenvalue weighted by molar-refractivity contribution is -0.136. The number of carbonyl (C=O) groups excluding carboxylic acids is 1. The Morgan fingerprint density at radius 1 is 1.57 bits per heavy atom. The number of nitrogens with zero attached hydrogens (tertiary/aromatic N) is 2. The van der Waals surface area contributed by atoms with Gasteiger partial charge in [-0.15, -0.1) is 0 Å². The van der Waals surface area contributed by atoms with Crippen LogP contribution in [0.25, 0.3) is 0 Å². The molecule has 21 heavy (non-hydrogen) atoms. The van der Waals surface area contributed by atoms with Crippen LogP contribution in [0.1, 0.15) is 18.1 Å². The Kier molecular flexibility index (Phi) is 4.89. The third kappa shape index (κ3) is 3.38. The second-order valence-corrected chi connectivity index (χ2v) is 5.08. The number of benzene rings is 1. The second-order valence-electron chi connectivity index (χ2n) is 5.08. The third-order valence-corrected chi connectivity index (χ3v) is 3.68. The molecule has 0 bridgehead atoms. The number of halogens is 1. The highest BCUT2D eigenvalue weighted by Gasteiger charge is 2.34. The molecule has 1 aliphatic rings. The van der Waals surface area contributed by atoms with E-state index >= 15 is 0 Å². The van der Waals surface area contributed by atoms with E-state index in [1.54, 1.807) is 11.0 Å². The quantitative estimate of drug-likeness (QED) is 0.898. The molecule has 6 heteroatoms. The fourth-order valence-electron chi connectivity index (χ4n) is 2.36. The standard InChI is InChI=1S/C15H18FN3O2/c1-2-19(15(20)12-8-21-9-14(12)18)7-11-4-3-10(6-17)5-13(11)16/h3-5,12,14H,2,7-9,18H2,1H3. The normalized spacial score (nSPS) is 21.0. The van der Waals surface area contributed by atoms with Crippen molar-refractivity contribution >= 4 is 5.91 Å². The third-order valence-electron chi connectivity index (χ3n) is 3.68. The Hall–Kier alpha value is -1.97. The highest BCUT2D eigenvalue weighted by molar-refractivity contribution is 5.80. The van der Waals surface area contributed by atoms with Crippen LogP contribution >= 0.6 is 0 Å². The molecule has 1 aromatic rings. The smallest absolute Gasteiger partial charge is 0.229 e. The Balaban J connectivity index is 2.12. The van der Waals surface area contributed by atoms with Crippen LogP contribution in [-0.2, 0) is 16.1 Å². The van der Waals surface area contributed by atoms with Gasteiger partial charge in [0.15, 0.2) is 0 Å². The lowest BCUT2D eigenvalue weighted by atomic mass is 10.0. The van der Waals surface area contributed by atoms with Gasteiger partial charge >= 0.3 is 0 Å². The van der Waals surface area contributed by atoms with E-state index in [1.165, 1.54) is 12.1 Å². The van der Waals surface area contributed by atoms with Crippen molar-refractivity contribution in [2.75, 3.05) is 19.8 Å². The Bertz CT molecular complexity index is 571. The summed E-state index contributed by atoms with van der Waals surface area (Å²) < 4.78 is 19.1. The molecule has 1 heterocycles. The van der Waals surface area contributed by atoms with Gasteiger partial charge in [-0.1, -0.05) is 6.07 Å². The number of amides is 1. The molecule has 2 N–H and O–H groups in total. The molecular formula is C15H18FN3O2. The van der Waals surface area contributed by atoms with Crippen molar-refractivity contribution in [1.29, 1.82) is 5.26 Å². The molecule has 0 aromatic heterocycles. The minimum absolute atomic E-state index is 0.119. The van der Waals surface area contributed by atoms with Crippen LogP contribution in [-0.4, -0.2) is 36.6 Å². The van der Waals surface area contributed by atoms with Crippen molar-refractivity contribution in [1.82, 2.24) is 4.90 Å². The van der Waals surface area contributed by atoms with Gasteiger partial charge in [0, 0.05) is 24.7 Å². The fourth-order valence-corrected chi connectivity index (χ4v) is 2.36. The first kappa shape index (κ1) is 15.4. The summed E-state index contributed by atoms with van der Waals surface area (Å²) in [5.41, 5.74) is 6.50. The second kappa shape index (κ2) is 6.66. The van der Waals surface area contributed by atoms with Gasteiger partial charge in [0.25, 0.3) is 0 Å². The van der Waals surface area contributed by atoms with Gasteiger partial charge in [-0.3, -0.25) is 4.79 Å². The SMILES string of the molecule is CCN(Cc1ccc(C#N)cc1F)C(=O)C1COCC1N. The Labute approximate surface area is 123 Å². The predicted octanol–water partition coefficient (Wildman–Crippen LogP) is 1.02. The summed E-state index contributed by atoms with van der Waals surface area (Å²) in [5, 5.41) is 8.73. The number of nitriles is 1. The summed E-state index contributed by atoms with van der Waals surface area (Å²) in [6, 6.07) is 5.83. The summed E-state index contributed by atoms with van der Waals surface area (Å²) in [7, 11) is 0. The van der Waals surface area contributed by atoms with Gasteiger partial charge in [0.1, 0.15) is 5.82 Å². The molecule has 5 nitrogen and oxygen atoms in total. The zero-order chi connectivity index (χ0) is 15.4. The molecule has 0 aliphatic carbocycles. The van der Waals surface area contributed by atoms with E-state index in [1.807, 2.05) is 13.0 Å². The van der Waals surface area contributed by atoms with Gasteiger partial charge in [0.2, 0.25) is 5.91 Å². The van der Waals surface area contributed by atoms with E-state index in [4.69, 9.17) is 15.7 Å². The number of hydrogen-bond acceptors (Lipinski definition) is 4. The largest absolute Gasteiger partial charge is 0.379 e. The van der Waals surface area contributed by atoms with E-state index in [2.05, 4.69) is 0 Å². The van der Waals surface area contributed by atoms with E-state index in [-0.39, 0.29) is 30.0 Å². The number of hydrogen-bond donors (Lipinski definition) is 1. The van der Waals surface area contributed by atoms with E-state index in [0.717, 1.165) is 0 Å². The molecule has 2 rings (SSSR count). The maximum Gasteiger partial charge on any atom is 0.229 e. The molecular weight excluding hydrogens is 273 g/mol. The summed E-state index contributed by atoms with van der Waals surface area (Å²) in [6.07, 6.45) is 0. The van der Waals surface area contributed by atoms with Crippen molar-refractivity contribution in [2.45, 2.75) is 19.5 Å². The highest BCUT2D eigenvalue weighted by Crippen LogP contribution is 2.18. The highest BCUT2D eigenvalue weighted by atomic mass is 19.1. The molecule has 0 spiro atoms. The van der Waals surface area contributed by atoms with Crippen LogP contribution < -0.4 is 5.73 Å². The molecule has 1 amide bonds. The van der Waals surface area contributed by atoms with E-state index < -0.39 is 5.82 Å². The first-order chi connectivity index (χ1) is 10.1. The van der Waals surface area contributed by atoms with Gasteiger partial charge in [-0.2, -0.15) is 5.26 Å². The molecule has 2 atom stereocenters. The van der Waals surface area contributed by atoms with Crippen LogP contribution in [0, 0.1) is 23.1 Å². The molecule has 2 unspecified atom stereocenters. The first-order valence-corrected chi connectivity index (χ1v) is 6.87. The van der Waals surface area contributed by atoms with E-state index in [0.29, 0.717) is 25.3 Å². The van der Waals surface area contributed by atoms with Crippen molar-refractivity contribution in [2.24, 2.45) is 11.7 Å². The average Bonchev–Trinajstić information content (AvgIpc) is 2.91. The van der Waals surface area contributed by atoms with Crippen LogP contribution in [0.3, 0.4) is 0 Å². The maximum atomic E-state index is 13.9. The van der Waals surface area contributed by atoms with Crippen molar-refractivity contribution in [3.63, 3.8) is 0 Å². The average molecular weight is 291 g/mol. The molecule has 112 valence electrons. The molecule has 1 fully saturated rings. The Morgan fingerprint density at radius 2 is 2.33 bits per heavy atom. The number of ether oxygens (including phenoxy) is 1. The maximum absolute atomic E-state index is 13.9. The monoisotopic (exact) mass is 291 g/mol. The summed E-state index contributed by atoms with van der Waals surface area (Å²) in [6.45, 7) is 3.14. The van der Waals surface area contributed by atoms with Gasteiger partial charge < -0.3 is 15.4 Å². The molecule has 1 aliphatic heterocycles. The molecule has 0 saturated carbocycles. The van der Waals surface area contributed by atoms with Crippen LogP contribution in [0.5, 0.6) is 0 Å². The number of nitrogens with two attached hydrogens (primary N) is 1. The predicted molar refractivity (Wildman–Crippen MR) is 74.5 cm³/mol. The summed E-state index contributed by atoms with van der Waals surface area (Å²) >= 11 is 0. The molecule has 1 saturated heterocycles. The zero-order valence-electron chi connectivity index (χ0n) is 11.9. The number of rotatable bonds is 4. The van der Waals surface area contributed by atoms with Gasteiger partial charge in [-0.05, 0) is 19.1 Å². The topological polar surface area (TPSA) is 79.3 Å². The van der Waals surface area contributed by atoms with Crippen LogP contribution in [0.4, 0.5) is 4.39 Å². The lowest BCUT2D eigenvalue weighted by Crippen LogP contribution is -2.43. The summed E-state index contributed by atoms with van der Waals surface area (Å²) in [5.74, 6) is -0.968. The van der Waals surface area contributed by atoms with Gasteiger partial charge in [-0.25, -0.2) is 4.39 Å². The Morgan fingerprint density at radius 3 is 2.86 bits per heavy atom. The van der Waals surface area contributed by atoms with Crippen molar-refractivity contribution in [3.05, 3.63) is 35.1 Å². The minimum atomic E-state index is -0.479. The van der Waals surface area contributed by atoms with Crippen molar-refractivity contribution < 1.29 is 13.9 Å². The first-order valence-electron chi connectivity index (χ1n) is 6.87. The van der Waals surface area contributed by atoms with Gasteiger partial charge in [0.05, 0.1) is 30.8 Å². The fraction of sp³-hybridized carbons (Fsp3) is 0.467. The van der Waals surface area contributed by atoms with Crippen LogP contribution in [0.2, 0.25) is 0 Å². The molecule has 0 radical (unpaired) electrons. The van der Waals surface area contributed by atoms with E-state index in [9.17, 15) is 9.18 Å². The lowest BCUT2D eigenvalue weighted by Gasteiger charge is -2.25. The zero-order valence-corrected chi connectivity index (χ0v) is 11.9. The number of carbonyl (C=O) groups is 1. The van der Waals surface area contributed by atoms with Crippen molar-refractivity contribution in [3.8, 4) is 6.07 Å². The summed E-state index contributed by atoms with van der Waals surface area (Å²) in [4.78, 5) is 14.0.